The van der Waals surface area contributed by atoms with Crippen LogP contribution in [-0.2, 0) is 14.3 Å². The predicted molar refractivity (Wildman–Crippen MR) is 70.5 cm³/mol. The Hall–Kier alpha value is -1.32. The fourth-order valence-electron chi connectivity index (χ4n) is 3.72. The van der Waals surface area contributed by atoms with Crippen molar-refractivity contribution in [2.75, 3.05) is 0 Å². The molecule has 0 aromatic carbocycles. The van der Waals surface area contributed by atoms with Gasteiger partial charge >= 0.3 is 11.9 Å². The van der Waals surface area contributed by atoms with Gasteiger partial charge < -0.3 is 9.84 Å². The predicted octanol–water partition coefficient (Wildman–Crippen LogP) is 2.78. The fraction of sp³-hybridized carbons (Fsp3) is 0.733. The lowest BCUT2D eigenvalue weighted by Gasteiger charge is -2.38. The van der Waals surface area contributed by atoms with Gasteiger partial charge in [0.2, 0.25) is 0 Å². The molecule has 0 heterocycles. The lowest BCUT2D eigenvalue weighted by Crippen LogP contribution is -2.38. The Bertz CT molecular complexity index is 449. The molecule has 0 unspecified atom stereocenters. The van der Waals surface area contributed by atoms with E-state index in [0.29, 0.717) is 5.92 Å². The average molecular weight is 266 g/mol. The molecule has 2 fully saturated rings. The molecule has 3 atom stereocenters. The van der Waals surface area contributed by atoms with Crippen LogP contribution >= 0.6 is 0 Å². The number of ether oxygens (including phenoxy) is 1. The van der Waals surface area contributed by atoms with Crippen LogP contribution in [0.25, 0.3) is 0 Å². The highest BCUT2D eigenvalue weighted by atomic mass is 16.5. The van der Waals surface area contributed by atoms with Crippen LogP contribution in [0.4, 0.5) is 0 Å². The first-order valence-electron chi connectivity index (χ1n) is 6.80. The molecular formula is C15H22O4. The maximum Gasteiger partial charge on any atom is 0.331 e. The summed E-state index contributed by atoms with van der Waals surface area (Å²) in [6.45, 7) is 8.08. The van der Waals surface area contributed by atoms with E-state index in [1.165, 1.54) is 13.3 Å². The third-order valence-electron chi connectivity index (χ3n) is 5.64. The van der Waals surface area contributed by atoms with Crippen LogP contribution in [0.1, 0.15) is 47.0 Å². The number of rotatable bonds is 3. The molecule has 19 heavy (non-hydrogen) atoms. The lowest BCUT2D eigenvalue weighted by molar-refractivity contribution is -0.151. The average Bonchev–Trinajstić information content (AvgIpc) is 2.61. The molecule has 4 nitrogen and oxygen atoms in total. The van der Waals surface area contributed by atoms with Crippen LogP contribution < -0.4 is 0 Å². The molecule has 0 spiro atoms. The van der Waals surface area contributed by atoms with Gasteiger partial charge in [0.25, 0.3) is 0 Å². The monoisotopic (exact) mass is 266 g/mol. The zero-order valence-electron chi connectivity index (χ0n) is 12.0. The van der Waals surface area contributed by atoms with E-state index in [0.717, 1.165) is 18.9 Å². The molecule has 2 aliphatic rings. The van der Waals surface area contributed by atoms with Crippen molar-refractivity contribution in [2.24, 2.45) is 16.7 Å². The van der Waals surface area contributed by atoms with Gasteiger partial charge in [-0.2, -0.15) is 0 Å². The molecular weight excluding hydrogens is 244 g/mol. The molecule has 2 bridgehead atoms. The highest BCUT2D eigenvalue weighted by molar-refractivity contribution is 5.94. The zero-order valence-corrected chi connectivity index (χ0v) is 12.0. The third-order valence-corrected chi connectivity index (χ3v) is 5.64. The van der Waals surface area contributed by atoms with Gasteiger partial charge in [-0.25, -0.2) is 9.59 Å². The van der Waals surface area contributed by atoms with Gasteiger partial charge in [-0.05, 0) is 37.5 Å². The van der Waals surface area contributed by atoms with Crippen LogP contribution in [0.15, 0.2) is 11.6 Å². The standard InChI is InChI=1S/C15H22O4/c1-9(13(17)18)7-12(16)19-11-8-10-5-6-15(11,4)14(10,2)3/h7,10-11H,5-6,8H2,1-4H3,(H,17,18)/b9-7+/t10-,11-,15+/m1/s1. The number of hydrogen-bond donors (Lipinski definition) is 1. The number of carboxylic acids is 1. The van der Waals surface area contributed by atoms with Gasteiger partial charge in [0.1, 0.15) is 6.10 Å². The number of carboxylic acid groups (broad SMARTS) is 1. The number of aliphatic carboxylic acids is 1. The second kappa shape index (κ2) is 4.36. The van der Waals surface area contributed by atoms with Crippen molar-refractivity contribution in [1.82, 2.24) is 0 Å². The van der Waals surface area contributed by atoms with Gasteiger partial charge in [0.15, 0.2) is 0 Å². The molecule has 106 valence electrons. The molecule has 2 saturated carbocycles. The zero-order chi connectivity index (χ0) is 14.4. The summed E-state index contributed by atoms with van der Waals surface area (Å²) < 4.78 is 5.53. The number of fused-ring (bicyclic) bond motifs is 2. The summed E-state index contributed by atoms with van der Waals surface area (Å²) in [6.07, 6.45) is 4.15. The van der Waals surface area contributed by atoms with E-state index in [-0.39, 0.29) is 22.5 Å². The van der Waals surface area contributed by atoms with Gasteiger partial charge in [0, 0.05) is 17.1 Å². The highest BCUT2D eigenvalue weighted by Gasteiger charge is 2.62. The minimum absolute atomic E-state index is 0.0116. The Labute approximate surface area is 113 Å². The minimum Gasteiger partial charge on any atom is -0.478 e. The Kier molecular flexibility index (Phi) is 3.23. The summed E-state index contributed by atoms with van der Waals surface area (Å²) in [5, 5.41) is 8.75. The molecule has 2 aliphatic carbocycles. The molecule has 0 saturated heterocycles. The fourth-order valence-corrected chi connectivity index (χ4v) is 3.72. The van der Waals surface area contributed by atoms with Crippen molar-refractivity contribution < 1.29 is 19.4 Å². The lowest BCUT2D eigenvalue weighted by atomic mass is 9.70. The molecule has 4 heteroatoms. The first-order valence-corrected chi connectivity index (χ1v) is 6.80. The normalized spacial score (nSPS) is 36.3. The Morgan fingerprint density at radius 1 is 1.32 bits per heavy atom. The van der Waals surface area contributed by atoms with Crippen molar-refractivity contribution in [3.8, 4) is 0 Å². The first kappa shape index (κ1) is 14.1. The van der Waals surface area contributed by atoms with Crippen LogP contribution in [0.2, 0.25) is 0 Å². The largest absolute Gasteiger partial charge is 0.478 e. The van der Waals surface area contributed by atoms with Crippen molar-refractivity contribution in [3.63, 3.8) is 0 Å². The summed E-state index contributed by atoms with van der Waals surface area (Å²) >= 11 is 0. The highest BCUT2D eigenvalue weighted by Crippen LogP contribution is 2.66. The van der Waals surface area contributed by atoms with Gasteiger partial charge in [-0.1, -0.05) is 20.8 Å². The summed E-state index contributed by atoms with van der Waals surface area (Å²) in [4.78, 5) is 22.5. The second-order valence-electron chi connectivity index (χ2n) is 6.67. The molecule has 0 aromatic heterocycles. The third kappa shape index (κ3) is 2.07. The smallest absolute Gasteiger partial charge is 0.331 e. The Morgan fingerprint density at radius 3 is 2.37 bits per heavy atom. The minimum atomic E-state index is -1.09. The maximum absolute atomic E-state index is 11.8. The molecule has 0 radical (unpaired) electrons. The SMILES string of the molecule is C/C(=C\C(=O)O[C@@H]1C[C@H]2CC[C@]1(C)C2(C)C)C(=O)O. The first-order chi connectivity index (χ1) is 8.68. The topological polar surface area (TPSA) is 63.6 Å². The number of carbonyl (C=O) groups excluding carboxylic acids is 1. The summed E-state index contributed by atoms with van der Waals surface area (Å²) in [5.74, 6) is -1.02. The van der Waals surface area contributed by atoms with Crippen LogP contribution in [-0.4, -0.2) is 23.1 Å². The Balaban J connectivity index is 2.09. The van der Waals surface area contributed by atoms with Crippen molar-refractivity contribution >= 4 is 11.9 Å². The summed E-state index contributed by atoms with van der Waals surface area (Å²) in [7, 11) is 0. The van der Waals surface area contributed by atoms with E-state index in [2.05, 4.69) is 20.8 Å². The Morgan fingerprint density at radius 2 is 1.95 bits per heavy atom. The van der Waals surface area contributed by atoms with Crippen LogP contribution in [0, 0.1) is 16.7 Å². The quantitative estimate of drug-likeness (QED) is 0.630. The van der Waals surface area contributed by atoms with Crippen LogP contribution in [0.3, 0.4) is 0 Å². The number of esters is 1. The van der Waals surface area contributed by atoms with E-state index in [1.807, 2.05) is 0 Å². The molecule has 2 rings (SSSR count). The van der Waals surface area contributed by atoms with Crippen LogP contribution in [0.5, 0.6) is 0 Å². The molecule has 1 N–H and O–H groups in total. The van der Waals surface area contributed by atoms with E-state index < -0.39 is 11.9 Å². The molecule has 0 aromatic rings. The number of carbonyl (C=O) groups is 2. The van der Waals surface area contributed by atoms with Crippen molar-refractivity contribution in [3.05, 3.63) is 11.6 Å². The molecule has 0 amide bonds. The maximum atomic E-state index is 11.8. The van der Waals surface area contributed by atoms with Crippen molar-refractivity contribution in [2.45, 2.75) is 53.1 Å². The second-order valence-corrected chi connectivity index (χ2v) is 6.67. The molecule has 0 aliphatic heterocycles. The van der Waals surface area contributed by atoms with E-state index >= 15 is 0 Å². The van der Waals surface area contributed by atoms with Crippen molar-refractivity contribution in [1.29, 1.82) is 0 Å². The number of hydrogen-bond acceptors (Lipinski definition) is 3. The summed E-state index contributed by atoms with van der Waals surface area (Å²) in [5.41, 5.74) is 0.208. The van der Waals surface area contributed by atoms with Gasteiger partial charge in [-0.15, -0.1) is 0 Å². The van der Waals surface area contributed by atoms with E-state index in [4.69, 9.17) is 9.84 Å². The van der Waals surface area contributed by atoms with E-state index in [9.17, 15) is 9.59 Å². The van der Waals surface area contributed by atoms with Gasteiger partial charge in [-0.3, -0.25) is 0 Å². The summed E-state index contributed by atoms with van der Waals surface area (Å²) in [6, 6.07) is 0. The van der Waals surface area contributed by atoms with E-state index in [1.54, 1.807) is 0 Å². The van der Waals surface area contributed by atoms with Gasteiger partial charge in [0.05, 0.1) is 0 Å².